The molecule has 5 nitrogen and oxygen atoms in total. The zero-order chi connectivity index (χ0) is 14.8. The predicted octanol–water partition coefficient (Wildman–Crippen LogP) is 1.03. The monoisotopic (exact) mass is 292 g/mol. The van der Waals surface area contributed by atoms with Crippen LogP contribution in [0.25, 0.3) is 10.9 Å². The number of aromatic nitrogens is 2. The van der Waals surface area contributed by atoms with Crippen LogP contribution >= 0.6 is 0 Å². The molecule has 108 valence electrons. The summed E-state index contributed by atoms with van der Waals surface area (Å²) in [5, 5.41) is 23.7. The van der Waals surface area contributed by atoms with Crippen molar-refractivity contribution in [3.05, 3.63) is 24.4 Å². The third kappa shape index (κ3) is 3.70. The first-order chi connectivity index (χ1) is 9.38. The highest BCUT2D eigenvalue weighted by Gasteiger charge is 2.17. The van der Waals surface area contributed by atoms with E-state index >= 15 is 0 Å². The quantitative estimate of drug-likeness (QED) is 0.616. The van der Waals surface area contributed by atoms with Crippen molar-refractivity contribution >= 4 is 31.6 Å². The molecule has 20 heavy (non-hydrogen) atoms. The largest absolute Gasteiger partial charge is 0.489 e. The first kappa shape index (κ1) is 15.2. The lowest BCUT2D eigenvalue weighted by atomic mass is 9.78. The molecule has 0 aliphatic rings. The summed E-state index contributed by atoms with van der Waals surface area (Å²) in [7, 11) is -2.56. The van der Waals surface area contributed by atoms with Crippen molar-refractivity contribution in [1.82, 2.24) is 9.78 Å². The van der Waals surface area contributed by atoms with E-state index in [1.807, 2.05) is 6.07 Å². The Morgan fingerprint density at radius 1 is 1.30 bits per heavy atom. The van der Waals surface area contributed by atoms with Crippen molar-refractivity contribution in [2.45, 2.75) is 32.4 Å². The highest BCUT2D eigenvalue weighted by atomic mass is 28.3. The van der Waals surface area contributed by atoms with E-state index in [9.17, 15) is 10.0 Å². The molecule has 0 saturated carbocycles. The highest BCUT2D eigenvalue weighted by Crippen LogP contribution is 2.12. The second-order valence-electron chi connectivity index (χ2n) is 6.15. The summed E-state index contributed by atoms with van der Waals surface area (Å²) in [4.78, 5) is 0. The Labute approximate surface area is 120 Å². The first-order valence-electron chi connectivity index (χ1n) is 6.77. The van der Waals surface area contributed by atoms with Crippen LogP contribution in [0.3, 0.4) is 0 Å². The number of benzene rings is 1. The van der Waals surface area contributed by atoms with Gasteiger partial charge in [0.2, 0.25) is 0 Å². The molecule has 0 atom stereocenters. The zero-order valence-corrected chi connectivity index (χ0v) is 13.2. The van der Waals surface area contributed by atoms with Gasteiger partial charge in [-0.1, -0.05) is 31.8 Å². The number of rotatable bonds is 6. The lowest BCUT2D eigenvalue weighted by Crippen LogP contribution is -2.30. The Balaban J connectivity index is 2.07. The molecule has 0 unspecified atom stereocenters. The lowest BCUT2D eigenvalue weighted by molar-refractivity contribution is 0.0817. The third-order valence-corrected chi connectivity index (χ3v) is 4.91. The van der Waals surface area contributed by atoms with Gasteiger partial charge in [0.1, 0.15) is 6.73 Å². The van der Waals surface area contributed by atoms with E-state index in [1.165, 1.54) is 0 Å². The van der Waals surface area contributed by atoms with Crippen LogP contribution in [0.5, 0.6) is 0 Å². The lowest BCUT2D eigenvalue weighted by Gasteiger charge is -2.15. The van der Waals surface area contributed by atoms with Crippen LogP contribution in [0.2, 0.25) is 25.7 Å². The molecule has 1 heterocycles. The summed E-state index contributed by atoms with van der Waals surface area (Å²) in [6, 6.07) is 6.49. The maximum absolute atomic E-state index is 9.33. The second-order valence-corrected chi connectivity index (χ2v) is 11.8. The minimum Gasteiger partial charge on any atom is -0.423 e. The van der Waals surface area contributed by atoms with Gasteiger partial charge >= 0.3 is 7.12 Å². The second kappa shape index (κ2) is 6.09. The van der Waals surface area contributed by atoms with Crippen molar-refractivity contribution in [2.75, 3.05) is 6.61 Å². The normalized spacial score (nSPS) is 12.1. The number of fused-ring (bicyclic) bond motifs is 1. The Morgan fingerprint density at radius 2 is 2.05 bits per heavy atom. The van der Waals surface area contributed by atoms with Gasteiger partial charge in [-0.25, -0.2) is 4.68 Å². The molecule has 0 fully saturated rings. The van der Waals surface area contributed by atoms with E-state index in [1.54, 1.807) is 23.0 Å². The summed E-state index contributed by atoms with van der Waals surface area (Å²) in [6.07, 6.45) is 1.64. The van der Waals surface area contributed by atoms with Crippen LogP contribution in [0, 0.1) is 0 Å². The number of hydrogen-bond donors (Lipinski definition) is 2. The fourth-order valence-corrected chi connectivity index (χ4v) is 2.74. The molecule has 0 saturated heterocycles. The molecule has 1 aromatic heterocycles. The molecule has 2 aromatic rings. The van der Waals surface area contributed by atoms with Gasteiger partial charge in [0.05, 0.1) is 11.7 Å². The average molecular weight is 292 g/mol. The Kier molecular flexibility index (Phi) is 4.64. The molecule has 7 heteroatoms. The number of nitrogens with zero attached hydrogens (tertiary/aromatic N) is 2. The van der Waals surface area contributed by atoms with Gasteiger partial charge in [-0.05, 0) is 17.6 Å². The molecule has 1 aromatic carbocycles. The molecule has 0 amide bonds. The maximum atomic E-state index is 9.33. The standard InChI is InChI=1S/C13H21BN2O3Si/c1-20(2,3)8-7-19-10-16-13-6-4-5-12(14(17)18)11(13)9-15-16/h4-6,9,17-18H,7-8,10H2,1-3H3. The fraction of sp³-hybridized carbons (Fsp3) is 0.462. The van der Waals surface area contributed by atoms with Crippen molar-refractivity contribution < 1.29 is 14.8 Å². The van der Waals surface area contributed by atoms with E-state index in [2.05, 4.69) is 24.7 Å². The van der Waals surface area contributed by atoms with Crippen molar-refractivity contribution in [3.8, 4) is 0 Å². The topological polar surface area (TPSA) is 67.5 Å². The van der Waals surface area contributed by atoms with Crippen molar-refractivity contribution in [3.63, 3.8) is 0 Å². The van der Waals surface area contributed by atoms with Crippen LogP contribution < -0.4 is 5.46 Å². The summed E-state index contributed by atoms with van der Waals surface area (Å²) in [5.41, 5.74) is 1.32. The summed E-state index contributed by atoms with van der Waals surface area (Å²) >= 11 is 0. The molecule has 0 bridgehead atoms. The first-order valence-corrected chi connectivity index (χ1v) is 10.5. The Bertz CT molecular complexity index is 580. The molecular formula is C13H21BN2O3Si. The van der Waals surface area contributed by atoms with Gasteiger partial charge in [0.15, 0.2) is 0 Å². The van der Waals surface area contributed by atoms with Crippen LogP contribution in [0.1, 0.15) is 0 Å². The van der Waals surface area contributed by atoms with Crippen LogP contribution in [0.4, 0.5) is 0 Å². The van der Waals surface area contributed by atoms with E-state index in [0.717, 1.165) is 23.6 Å². The van der Waals surface area contributed by atoms with Gasteiger partial charge in [0.25, 0.3) is 0 Å². The van der Waals surface area contributed by atoms with Gasteiger partial charge in [0, 0.05) is 20.1 Å². The molecule has 0 radical (unpaired) electrons. The minimum absolute atomic E-state index is 0.388. The van der Waals surface area contributed by atoms with Crippen LogP contribution in [0.15, 0.2) is 24.4 Å². The third-order valence-electron chi connectivity index (χ3n) is 3.21. The predicted molar refractivity (Wildman–Crippen MR) is 83.7 cm³/mol. The van der Waals surface area contributed by atoms with E-state index in [4.69, 9.17) is 4.74 Å². The molecular weight excluding hydrogens is 271 g/mol. The summed E-state index contributed by atoms with van der Waals surface area (Å²) in [6.45, 7) is 8.07. The Morgan fingerprint density at radius 3 is 2.70 bits per heavy atom. The smallest absolute Gasteiger partial charge is 0.423 e. The van der Waals surface area contributed by atoms with Crippen molar-refractivity contribution in [2.24, 2.45) is 0 Å². The molecule has 2 N–H and O–H groups in total. The molecule has 0 aliphatic carbocycles. The van der Waals surface area contributed by atoms with Gasteiger partial charge in [-0.15, -0.1) is 0 Å². The van der Waals surface area contributed by atoms with E-state index in [0.29, 0.717) is 12.2 Å². The SMILES string of the molecule is C[Si](C)(C)CCOCn1ncc2c(B(O)O)cccc21. The van der Waals surface area contributed by atoms with E-state index in [-0.39, 0.29) is 0 Å². The number of hydrogen-bond acceptors (Lipinski definition) is 4. The molecule has 0 aliphatic heterocycles. The van der Waals surface area contributed by atoms with Gasteiger partial charge < -0.3 is 14.8 Å². The molecule has 0 spiro atoms. The van der Waals surface area contributed by atoms with Gasteiger partial charge in [-0.3, -0.25) is 0 Å². The zero-order valence-electron chi connectivity index (χ0n) is 12.2. The summed E-state index contributed by atoms with van der Waals surface area (Å²) in [5.74, 6) is 0. The Hall–Kier alpha value is -1.15. The highest BCUT2D eigenvalue weighted by molar-refractivity contribution is 6.76. The van der Waals surface area contributed by atoms with Gasteiger partial charge in [-0.2, -0.15) is 5.10 Å². The van der Waals surface area contributed by atoms with Crippen LogP contribution in [-0.2, 0) is 11.5 Å². The minimum atomic E-state index is -1.48. The summed E-state index contributed by atoms with van der Waals surface area (Å²) < 4.78 is 7.41. The van der Waals surface area contributed by atoms with Crippen LogP contribution in [-0.4, -0.2) is 41.6 Å². The average Bonchev–Trinajstić information content (AvgIpc) is 2.76. The molecule has 2 rings (SSSR count). The maximum Gasteiger partial charge on any atom is 0.489 e. The van der Waals surface area contributed by atoms with E-state index < -0.39 is 15.2 Å². The van der Waals surface area contributed by atoms with Crippen molar-refractivity contribution in [1.29, 1.82) is 0 Å². The number of ether oxygens (including phenoxy) is 1. The fourth-order valence-electron chi connectivity index (χ4n) is 1.98.